The second-order valence-corrected chi connectivity index (χ2v) is 6.19. The molecule has 2 heterocycles. The molecule has 0 unspecified atom stereocenters. The number of nitrogens with two attached hydrogens (primary N) is 1. The summed E-state index contributed by atoms with van der Waals surface area (Å²) in [6, 6.07) is 1.71. The molecule has 0 bridgehead atoms. The van der Waals surface area contributed by atoms with E-state index < -0.39 is 22.0 Å². The van der Waals surface area contributed by atoms with Crippen molar-refractivity contribution < 1.29 is 17.9 Å². The van der Waals surface area contributed by atoms with Crippen LogP contribution in [-0.4, -0.2) is 49.4 Å². The van der Waals surface area contributed by atoms with Gasteiger partial charge in [0.15, 0.2) is 0 Å². The zero-order valence-electron chi connectivity index (χ0n) is 10.4. The van der Waals surface area contributed by atoms with Crippen LogP contribution in [0, 0.1) is 0 Å². The van der Waals surface area contributed by atoms with Crippen LogP contribution in [0.1, 0.15) is 6.42 Å². The van der Waals surface area contributed by atoms with Crippen LogP contribution >= 0.6 is 0 Å². The van der Waals surface area contributed by atoms with Crippen LogP contribution in [0.15, 0.2) is 29.4 Å². The van der Waals surface area contributed by atoms with Crippen molar-refractivity contribution in [2.75, 3.05) is 13.7 Å². The van der Waals surface area contributed by atoms with Gasteiger partial charge >= 0.3 is 5.97 Å². The van der Waals surface area contributed by atoms with Gasteiger partial charge in [0.2, 0.25) is 10.0 Å². The van der Waals surface area contributed by atoms with Gasteiger partial charge in [0.05, 0.1) is 7.11 Å². The second kappa shape index (κ2) is 5.24. The summed E-state index contributed by atoms with van der Waals surface area (Å²) in [6.45, 7) is 0.0942. The van der Waals surface area contributed by atoms with Crippen LogP contribution in [0.5, 0.6) is 0 Å². The van der Waals surface area contributed by atoms with Crippen LogP contribution in [0.25, 0.3) is 0 Å². The summed E-state index contributed by atoms with van der Waals surface area (Å²) in [7, 11) is -2.56. The second-order valence-electron chi connectivity index (χ2n) is 4.30. The van der Waals surface area contributed by atoms with Gasteiger partial charge in [-0.25, -0.2) is 8.42 Å². The Morgan fingerprint density at radius 2 is 2.32 bits per heavy atom. The average Bonchev–Trinajstić information content (AvgIpc) is 2.81. The fraction of sp³-hybridized carbons (Fsp3) is 0.455. The molecule has 2 atom stereocenters. The van der Waals surface area contributed by atoms with E-state index in [1.54, 1.807) is 0 Å². The minimum absolute atomic E-state index is 0.0398. The number of rotatable bonds is 3. The van der Waals surface area contributed by atoms with E-state index in [2.05, 4.69) is 9.72 Å². The Balaban J connectivity index is 2.36. The molecule has 2 N–H and O–H groups in total. The maximum absolute atomic E-state index is 12.4. The van der Waals surface area contributed by atoms with Crippen LogP contribution < -0.4 is 5.73 Å². The van der Waals surface area contributed by atoms with E-state index in [1.165, 1.54) is 31.6 Å². The molecule has 8 heteroatoms. The summed E-state index contributed by atoms with van der Waals surface area (Å²) in [5, 5.41) is 0. The van der Waals surface area contributed by atoms with E-state index in [9.17, 15) is 13.2 Å². The van der Waals surface area contributed by atoms with Crippen molar-refractivity contribution >= 4 is 16.0 Å². The number of pyridine rings is 1. The first-order valence-corrected chi connectivity index (χ1v) is 7.16. The molecule has 19 heavy (non-hydrogen) atoms. The van der Waals surface area contributed by atoms with Crippen molar-refractivity contribution in [3.63, 3.8) is 0 Å². The Labute approximate surface area is 111 Å². The van der Waals surface area contributed by atoms with Gasteiger partial charge in [-0.15, -0.1) is 0 Å². The highest BCUT2D eigenvalue weighted by Gasteiger charge is 2.43. The molecule has 1 aromatic rings. The first-order chi connectivity index (χ1) is 8.96. The minimum Gasteiger partial charge on any atom is -0.468 e. The van der Waals surface area contributed by atoms with Crippen molar-refractivity contribution in [3.05, 3.63) is 24.5 Å². The molecule has 7 nitrogen and oxygen atoms in total. The predicted molar refractivity (Wildman–Crippen MR) is 66.5 cm³/mol. The van der Waals surface area contributed by atoms with E-state index in [-0.39, 0.29) is 23.9 Å². The number of sulfonamides is 1. The molecule has 1 fully saturated rings. The Kier molecular flexibility index (Phi) is 3.83. The minimum atomic E-state index is -3.79. The van der Waals surface area contributed by atoms with Crippen LogP contribution in [0.2, 0.25) is 0 Å². The maximum atomic E-state index is 12.4. The third-order valence-corrected chi connectivity index (χ3v) is 4.86. The number of esters is 1. The highest BCUT2D eigenvalue weighted by Crippen LogP contribution is 2.25. The van der Waals surface area contributed by atoms with Gasteiger partial charge < -0.3 is 10.5 Å². The van der Waals surface area contributed by atoms with E-state index in [1.807, 2.05) is 0 Å². The van der Waals surface area contributed by atoms with Gasteiger partial charge in [0.25, 0.3) is 0 Å². The SMILES string of the molecule is COC(=O)[C@@H]1C[C@H](N)CN1S(=O)(=O)c1cccnc1. The van der Waals surface area contributed by atoms with E-state index >= 15 is 0 Å². The van der Waals surface area contributed by atoms with Crippen molar-refractivity contribution in [2.45, 2.75) is 23.4 Å². The maximum Gasteiger partial charge on any atom is 0.324 e. The van der Waals surface area contributed by atoms with Gasteiger partial charge in [0, 0.05) is 25.0 Å². The molecule has 1 aliphatic rings. The van der Waals surface area contributed by atoms with Crippen molar-refractivity contribution in [2.24, 2.45) is 5.73 Å². The molecule has 0 radical (unpaired) electrons. The molecule has 0 aliphatic carbocycles. The zero-order chi connectivity index (χ0) is 14.0. The van der Waals surface area contributed by atoms with Crippen molar-refractivity contribution in [1.29, 1.82) is 0 Å². The molecule has 1 aliphatic heterocycles. The average molecular weight is 285 g/mol. The van der Waals surface area contributed by atoms with Crippen LogP contribution in [-0.2, 0) is 19.6 Å². The van der Waals surface area contributed by atoms with Crippen LogP contribution in [0.4, 0.5) is 0 Å². The van der Waals surface area contributed by atoms with E-state index in [4.69, 9.17) is 5.73 Å². The summed E-state index contributed by atoms with van der Waals surface area (Å²) in [4.78, 5) is 15.5. The lowest BCUT2D eigenvalue weighted by Crippen LogP contribution is -2.41. The van der Waals surface area contributed by atoms with Crippen LogP contribution in [0.3, 0.4) is 0 Å². The van der Waals surface area contributed by atoms with Gasteiger partial charge in [-0.3, -0.25) is 9.78 Å². The first-order valence-electron chi connectivity index (χ1n) is 5.72. The quantitative estimate of drug-likeness (QED) is 0.740. The first kappa shape index (κ1) is 13.9. The highest BCUT2D eigenvalue weighted by atomic mass is 32.2. The molecule has 0 amide bonds. The molecular formula is C11H15N3O4S. The number of nitrogens with zero attached hydrogens (tertiary/aromatic N) is 2. The monoisotopic (exact) mass is 285 g/mol. The predicted octanol–water partition coefficient (Wildman–Crippen LogP) is -0.655. The molecule has 0 spiro atoms. The molecule has 0 aromatic carbocycles. The van der Waals surface area contributed by atoms with E-state index in [0.29, 0.717) is 0 Å². The molecule has 1 saturated heterocycles. The zero-order valence-corrected chi connectivity index (χ0v) is 11.2. The Bertz CT molecular complexity index is 561. The lowest BCUT2D eigenvalue weighted by atomic mass is 10.2. The molecule has 2 rings (SSSR count). The number of methoxy groups -OCH3 is 1. The number of hydrogen-bond donors (Lipinski definition) is 1. The third-order valence-electron chi connectivity index (χ3n) is 3.00. The summed E-state index contributed by atoms with van der Waals surface area (Å²) in [6.07, 6.45) is 2.98. The fourth-order valence-electron chi connectivity index (χ4n) is 2.09. The number of hydrogen-bond acceptors (Lipinski definition) is 6. The van der Waals surface area contributed by atoms with E-state index in [0.717, 1.165) is 4.31 Å². The number of ether oxygens (including phenoxy) is 1. The number of aromatic nitrogens is 1. The third kappa shape index (κ3) is 2.60. The van der Waals surface area contributed by atoms with Gasteiger partial charge in [-0.05, 0) is 18.6 Å². The highest BCUT2D eigenvalue weighted by molar-refractivity contribution is 7.89. The molecule has 104 valence electrons. The summed E-state index contributed by atoms with van der Waals surface area (Å²) in [5.41, 5.74) is 5.75. The number of carbonyl (C=O) groups is 1. The van der Waals surface area contributed by atoms with Gasteiger partial charge in [0.1, 0.15) is 10.9 Å². The Morgan fingerprint density at radius 1 is 1.58 bits per heavy atom. The molecule has 0 saturated carbocycles. The normalized spacial score (nSPS) is 24.3. The largest absolute Gasteiger partial charge is 0.468 e. The summed E-state index contributed by atoms with van der Waals surface area (Å²) < 4.78 is 30.6. The van der Waals surface area contributed by atoms with Crippen molar-refractivity contribution in [1.82, 2.24) is 9.29 Å². The standard InChI is InChI=1S/C11H15N3O4S/c1-18-11(15)10-5-8(12)7-14(10)19(16,17)9-3-2-4-13-6-9/h2-4,6,8,10H,5,7,12H2,1H3/t8-,10-/m0/s1. The van der Waals surface area contributed by atoms with Crippen molar-refractivity contribution in [3.8, 4) is 0 Å². The lowest BCUT2D eigenvalue weighted by molar-refractivity contribution is -0.144. The summed E-state index contributed by atoms with van der Waals surface area (Å²) in [5.74, 6) is -0.597. The fourth-order valence-corrected chi connectivity index (χ4v) is 3.70. The number of carbonyl (C=O) groups excluding carboxylic acids is 1. The lowest BCUT2D eigenvalue weighted by Gasteiger charge is -2.21. The molecule has 1 aromatic heterocycles. The summed E-state index contributed by atoms with van der Waals surface area (Å²) >= 11 is 0. The molecular weight excluding hydrogens is 270 g/mol. The Hall–Kier alpha value is -1.51. The van der Waals surface area contributed by atoms with Gasteiger partial charge in [-0.1, -0.05) is 0 Å². The Morgan fingerprint density at radius 3 is 2.89 bits per heavy atom. The van der Waals surface area contributed by atoms with Gasteiger partial charge in [-0.2, -0.15) is 4.31 Å². The topological polar surface area (TPSA) is 103 Å². The smallest absolute Gasteiger partial charge is 0.324 e.